The summed E-state index contributed by atoms with van der Waals surface area (Å²) in [7, 11) is 0. The molecule has 0 heterocycles. The molecule has 0 aromatic heterocycles. The van der Waals surface area contributed by atoms with Gasteiger partial charge in [-0.1, -0.05) is 30.3 Å². The Balaban J connectivity index is 2.63. The molecule has 0 saturated heterocycles. The van der Waals surface area contributed by atoms with Gasteiger partial charge in [-0.25, -0.2) is 0 Å². The number of nitrogens with zero attached hydrogens (tertiary/aromatic N) is 1. The van der Waals surface area contributed by atoms with Gasteiger partial charge in [0.1, 0.15) is 0 Å². The molecule has 0 radical (unpaired) electrons. The van der Waals surface area contributed by atoms with E-state index in [1.54, 1.807) is 0 Å². The standard InChI is InChI=1S/C14H20N2OS/c1-4-16(5-2)14(18)15-13(17)11(3)12-9-7-6-8-10-12/h6-11H,4-5H2,1-3H3,(H,15,17,18)/t11-/m0/s1. The van der Waals surface area contributed by atoms with Crippen LogP contribution in [0, 0.1) is 0 Å². The number of nitrogens with one attached hydrogen (secondary N) is 1. The molecule has 0 bridgehead atoms. The van der Waals surface area contributed by atoms with Crippen molar-refractivity contribution in [1.29, 1.82) is 0 Å². The maximum Gasteiger partial charge on any atom is 0.233 e. The molecule has 0 aliphatic carbocycles. The molecule has 1 aromatic carbocycles. The first kappa shape index (κ1) is 14.6. The van der Waals surface area contributed by atoms with E-state index in [9.17, 15) is 4.79 Å². The lowest BCUT2D eigenvalue weighted by atomic mass is 10.0. The first-order valence-electron chi connectivity index (χ1n) is 6.24. The van der Waals surface area contributed by atoms with Crippen LogP contribution in [0.5, 0.6) is 0 Å². The third-order valence-corrected chi connectivity index (χ3v) is 3.33. The van der Waals surface area contributed by atoms with E-state index in [2.05, 4.69) is 5.32 Å². The fraction of sp³-hybridized carbons (Fsp3) is 0.429. The van der Waals surface area contributed by atoms with Crippen molar-refractivity contribution in [2.24, 2.45) is 0 Å². The predicted molar refractivity (Wildman–Crippen MR) is 78.5 cm³/mol. The summed E-state index contributed by atoms with van der Waals surface area (Å²) >= 11 is 5.21. The highest BCUT2D eigenvalue weighted by Crippen LogP contribution is 2.14. The van der Waals surface area contributed by atoms with Gasteiger partial charge < -0.3 is 10.2 Å². The maximum atomic E-state index is 12.1. The molecule has 3 nitrogen and oxygen atoms in total. The topological polar surface area (TPSA) is 32.3 Å². The lowest BCUT2D eigenvalue weighted by Crippen LogP contribution is -2.43. The third-order valence-electron chi connectivity index (χ3n) is 2.97. The van der Waals surface area contributed by atoms with Crippen molar-refractivity contribution in [1.82, 2.24) is 10.2 Å². The molecule has 98 valence electrons. The molecule has 0 fully saturated rings. The summed E-state index contributed by atoms with van der Waals surface area (Å²) in [6, 6.07) is 9.70. The van der Waals surface area contributed by atoms with Crippen molar-refractivity contribution >= 4 is 23.2 Å². The number of hydrogen-bond donors (Lipinski definition) is 1. The number of benzene rings is 1. The smallest absolute Gasteiger partial charge is 0.233 e. The van der Waals surface area contributed by atoms with Crippen LogP contribution in [-0.4, -0.2) is 29.0 Å². The van der Waals surface area contributed by atoms with Gasteiger partial charge in [-0.05, 0) is 38.6 Å². The highest BCUT2D eigenvalue weighted by atomic mass is 32.1. The van der Waals surface area contributed by atoms with Crippen molar-refractivity contribution in [3.05, 3.63) is 35.9 Å². The molecule has 0 aliphatic heterocycles. The molecule has 1 N–H and O–H groups in total. The minimum Gasteiger partial charge on any atom is -0.350 e. The summed E-state index contributed by atoms with van der Waals surface area (Å²) < 4.78 is 0. The first-order valence-corrected chi connectivity index (χ1v) is 6.65. The molecule has 18 heavy (non-hydrogen) atoms. The van der Waals surface area contributed by atoms with E-state index >= 15 is 0 Å². The van der Waals surface area contributed by atoms with Crippen LogP contribution in [0.3, 0.4) is 0 Å². The second kappa shape index (κ2) is 7.11. The molecule has 0 unspecified atom stereocenters. The Bertz CT molecular complexity index is 402. The SMILES string of the molecule is CCN(CC)C(=S)NC(=O)[C@@H](C)c1ccccc1. The Labute approximate surface area is 114 Å². The number of rotatable bonds is 4. The van der Waals surface area contributed by atoms with Gasteiger partial charge in [0, 0.05) is 13.1 Å². The van der Waals surface area contributed by atoms with Crippen molar-refractivity contribution in [3.8, 4) is 0 Å². The van der Waals surface area contributed by atoms with Gasteiger partial charge in [0.25, 0.3) is 0 Å². The maximum absolute atomic E-state index is 12.1. The minimum atomic E-state index is -0.195. The van der Waals surface area contributed by atoms with Crippen molar-refractivity contribution in [3.63, 3.8) is 0 Å². The van der Waals surface area contributed by atoms with Crippen molar-refractivity contribution in [2.75, 3.05) is 13.1 Å². The molecular weight excluding hydrogens is 244 g/mol. The van der Waals surface area contributed by atoms with Gasteiger partial charge in [0.15, 0.2) is 5.11 Å². The average molecular weight is 264 g/mol. The Morgan fingerprint density at radius 2 is 1.83 bits per heavy atom. The number of hydrogen-bond acceptors (Lipinski definition) is 2. The predicted octanol–water partition coefficient (Wildman–Crippen LogP) is 2.53. The second-order valence-corrected chi connectivity index (χ2v) is 4.49. The summed E-state index contributed by atoms with van der Waals surface area (Å²) in [5.74, 6) is -0.252. The molecule has 1 atom stereocenters. The average Bonchev–Trinajstić information content (AvgIpc) is 2.40. The van der Waals surface area contributed by atoms with E-state index in [1.165, 1.54) is 0 Å². The summed E-state index contributed by atoms with van der Waals surface area (Å²) in [4.78, 5) is 14.0. The van der Waals surface area contributed by atoms with E-state index in [1.807, 2.05) is 56.0 Å². The highest BCUT2D eigenvalue weighted by Gasteiger charge is 2.17. The quantitative estimate of drug-likeness (QED) is 0.848. The summed E-state index contributed by atoms with van der Waals surface area (Å²) in [6.07, 6.45) is 0. The van der Waals surface area contributed by atoms with Crippen LogP contribution in [0.15, 0.2) is 30.3 Å². The van der Waals surface area contributed by atoms with Gasteiger partial charge >= 0.3 is 0 Å². The Kier molecular flexibility index (Phi) is 5.78. The van der Waals surface area contributed by atoms with Crippen LogP contribution in [0.2, 0.25) is 0 Å². The second-order valence-electron chi connectivity index (χ2n) is 4.10. The molecule has 0 spiro atoms. The van der Waals surface area contributed by atoms with E-state index in [0.717, 1.165) is 18.7 Å². The number of thiocarbonyl (C=S) groups is 1. The van der Waals surface area contributed by atoms with Crippen LogP contribution in [-0.2, 0) is 4.79 Å². The van der Waals surface area contributed by atoms with E-state index in [-0.39, 0.29) is 11.8 Å². The van der Waals surface area contributed by atoms with Crippen molar-refractivity contribution < 1.29 is 4.79 Å². The summed E-state index contributed by atoms with van der Waals surface area (Å²) in [5.41, 5.74) is 0.998. The van der Waals surface area contributed by atoms with Gasteiger partial charge in [0.2, 0.25) is 5.91 Å². The Morgan fingerprint density at radius 1 is 1.28 bits per heavy atom. The summed E-state index contributed by atoms with van der Waals surface area (Å²) in [6.45, 7) is 7.52. The Morgan fingerprint density at radius 3 is 2.33 bits per heavy atom. The molecule has 1 aromatic rings. The lowest BCUT2D eigenvalue weighted by molar-refractivity contribution is -0.120. The van der Waals surface area contributed by atoms with Gasteiger partial charge in [-0.2, -0.15) is 0 Å². The number of carbonyl (C=O) groups excluding carboxylic acids is 1. The normalized spacial score (nSPS) is 11.7. The zero-order chi connectivity index (χ0) is 13.5. The molecule has 1 amide bonds. The van der Waals surface area contributed by atoms with E-state index < -0.39 is 0 Å². The lowest BCUT2D eigenvalue weighted by Gasteiger charge is -2.23. The number of carbonyl (C=O) groups is 1. The zero-order valence-electron chi connectivity index (χ0n) is 11.1. The van der Waals surface area contributed by atoms with Crippen LogP contribution >= 0.6 is 12.2 Å². The molecule has 4 heteroatoms. The fourth-order valence-electron chi connectivity index (χ4n) is 1.70. The minimum absolute atomic E-state index is 0.0573. The fourth-order valence-corrected chi connectivity index (χ4v) is 2.06. The third kappa shape index (κ3) is 3.81. The summed E-state index contributed by atoms with van der Waals surface area (Å²) in [5, 5.41) is 3.31. The van der Waals surface area contributed by atoms with Gasteiger partial charge in [0.05, 0.1) is 5.92 Å². The zero-order valence-corrected chi connectivity index (χ0v) is 12.0. The highest BCUT2D eigenvalue weighted by molar-refractivity contribution is 7.80. The first-order chi connectivity index (χ1) is 8.60. The Hall–Kier alpha value is -1.42. The number of amides is 1. The van der Waals surface area contributed by atoms with Crippen LogP contribution < -0.4 is 5.32 Å². The van der Waals surface area contributed by atoms with Crippen LogP contribution in [0.1, 0.15) is 32.3 Å². The molecule has 1 rings (SSSR count). The molecular formula is C14H20N2OS. The van der Waals surface area contributed by atoms with Crippen molar-refractivity contribution in [2.45, 2.75) is 26.7 Å². The van der Waals surface area contributed by atoms with Crippen LogP contribution in [0.4, 0.5) is 0 Å². The monoisotopic (exact) mass is 264 g/mol. The largest absolute Gasteiger partial charge is 0.350 e. The molecule has 0 saturated carbocycles. The van der Waals surface area contributed by atoms with Gasteiger partial charge in [-0.15, -0.1) is 0 Å². The molecule has 0 aliphatic rings. The van der Waals surface area contributed by atoms with Gasteiger partial charge in [-0.3, -0.25) is 4.79 Å². The van der Waals surface area contributed by atoms with E-state index in [0.29, 0.717) is 5.11 Å². The van der Waals surface area contributed by atoms with Crippen LogP contribution in [0.25, 0.3) is 0 Å². The van der Waals surface area contributed by atoms with E-state index in [4.69, 9.17) is 12.2 Å².